The first-order valence-electron chi connectivity index (χ1n) is 9.69. The van der Waals surface area contributed by atoms with Crippen molar-refractivity contribution in [1.82, 2.24) is 10.2 Å². The predicted molar refractivity (Wildman–Crippen MR) is 111 cm³/mol. The molecular weight excluding hydrogens is 360 g/mol. The molecule has 1 atom stereocenters. The summed E-state index contributed by atoms with van der Waals surface area (Å²) in [5.41, 5.74) is 2.15. The molecule has 2 aromatic carbocycles. The number of likely N-dealkylation sites (tertiary alicyclic amines) is 1. The van der Waals surface area contributed by atoms with Crippen molar-refractivity contribution in [3.63, 3.8) is 0 Å². The lowest BCUT2D eigenvalue weighted by Crippen LogP contribution is -2.37. The summed E-state index contributed by atoms with van der Waals surface area (Å²) in [7, 11) is 1.65. The largest absolute Gasteiger partial charge is 0.493 e. The minimum Gasteiger partial charge on any atom is -0.493 e. The lowest BCUT2D eigenvalue weighted by molar-refractivity contribution is 0.258. The number of hydrogen-bond acceptors (Lipinski definition) is 4. The van der Waals surface area contributed by atoms with Crippen LogP contribution in [0.3, 0.4) is 0 Å². The highest BCUT2D eigenvalue weighted by atomic mass is 35.5. The second-order valence-corrected chi connectivity index (χ2v) is 7.36. The fraction of sp³-hybridized carbons (Fsp3) is 0.455. The Morgan fingerprint density at radius 1 is 1.22 bits per heavy atom. The van der Waals surface area contributed by atoms with Crippen molar-refractivity contribution in [1.29, 1.82) is 0 Å². The molecule has 0 aliphatic carbocycles. The first kappa shape index (κ1) is 20.0. The van der Waals surface area contributed by atoms with Crippen LogP contribution in [0, 0.1) is 0 Å². The van der Waals surface area contributed by atoms with Crippen LogP contribution in [0.2, 0.25) is 5.02 Å². The molecule has 146 valence electrons. The molecule has 1 unspecified atom stereocenters. The second kappa shape index (κ2) is 9.98. The Morgan fingerprint density at radius 2 is 2.04 bits per heavy atom. The van der Waals surface area contributed by atoms with Crippen molar-refractivity contribution in [3.05, 3.63) is 58.6 Å². The van der Waals surface area contributed by atoms with E-state index in [9.17, 15) is 0 Å². The number of ether oxygens (including phenoxy) is 2. The molecule has 1 aliphatic rings. The summed E-state index contributed by atoms with van der Waals surface area (Å²) in [6, 6.07) is 14.5. The topological polar surface area (TPSA) is 33.7 Å². The number of methoxy groups -OCH3 is 1. The maximum absolute atomic E-state index is 6.30. The third-order valence-corrected chi connectivity index (χ3v) is 5.36. The predicted octanol–water partition coefficient (Wildman–Crippen LogP) is 4.50. The molecule has 0 spiro atoms. The molecule has 1 saturated heterocycles. The first-order valence-corrected chi connectivity index (χ1v) is 10.1. The zero-order valence-electron chi connectivity index (χ0n) is 16.2. The standard InChI is InChI=1S/C22H29ClN2O2/c1-3-25-11-7-10-20(25)15-24-14-18-12-19(23)13-21(26-2)22(18)27-16-17-8-5-4-6-9-17/h4-6,8-9,12-13,20,24H,3,7,10-11,14-16H2,1-2H3. The fourth-order valence-corrected chi connectivity index (χ4v) is 3.95. The Hall–Kier alpha value is -1.75. The molecule has 2 aromatic rings. The summed E-state index contributed by atoms with van der Waals surface area (Å²) in [5.74, 6) is 1.43. The van der Waals surface area contributed by atoms with E-state index >= 15 is 0 Å². The first-order chi connectivity index (χ1) is 13.2. The molecule has 1 heterocycles. The molecule has 1 N–H and O–H groups in total. The molecule has 5 heteroatoms. The van der Waals surface area contributed by atoms with Crippen molar-refractivity contribution in [2.24, 2.45) is 0 Å². The smallest absolute Gasteiger partial charge is 0.166 e. The average Bonchev–Trinajstić information content (AvgIpc) is 3.15. The van der Waals surface area contributed by atoms with Crippen LogP contribution in [-0.2, 0) is 13.2 Å². The Morgan fingerprint density at radius 3 is 2.78 bits per heavy atom. The van der Waals surface area contributed by atoms with E-state index in [1.807, 2.05) is 24.3 Å². The zero-order valence-corrected chi connectivity index (χ0v) is 17.0. The Bertz CT molecular complexity index is 724. The van der Waals surface area contributed by atoms with E-state index in [1.54, 1.807) is 13.2 Å². The average molecular weight is 389 g/mol. The summed E-state index contributed by atoms with van der Waals surface area (Å²) in [6.07, 6.45) is 2.55. The van der Waals surface area contributed by atoms with Gasteiger partial charge in [0, 0.05) is 35.8 Å². The van der Waals surface area contributed by atoms with Gasteiger partial charge in [-0.25, -0.2) is 0 Å². The Balaban J connectivity index is 1.68. The van der Waals surface area contributed by atoms with Crippen LogP contribution in [0.25, 0.3) is 0 Å². The van der Waals surface area contributed by atoms with Crippen molar-refractivity contribution < 1.29 is 9.47 Å². The van der Waals surface area contributed by atoms with Crippen molar-refractivity contribution in [2.45, 2.75) is 39.0 Å². The van der Waals surface area contributed by atoms with Gasteiger partial charge in [0.25, 0.3) is 0 Å². The monoisotopic (exact) mass is 388 g/mol. The van der Waals surface area contributed by atoms with E-state index in [-0.39, 0.29) is 0 Å². The number of benzene rings is 2. The Kier molecular flexibility index (Phi) is 7.39. The quantitative estimate of drug-likeness (QED) is 0.685. The molecule has 3 rings (SSSR count). The van der Waals surface area contributed by atoms with Gasteiger partial charge in [-0.3, -0.25) is 4.90 Å². The number of halogens is 1. The number of nitrogens with zero attached hydrogens (tertiary/aromatic N) is 1. The molecule has 0 bridgehead atoms. The SMILES string of the molecule is CCN1CCCC1CNCc1cc(Cl)cc(OC)c1OCc1ccccc1. The summed E-state index contributed by atoms with van der Waals surface area (Å²) < 4.78 is 11.7. The minimum absolute atomic E-state index is 0.498. The number of nitrogens with one attached hydrogen (secondary N) is 1. The number of hydrogen-bond donors (Lipinski definition) is 1. The molecule has 27 heavy (non-hydrogen) atoms. The molecule has 0 amide bonds. The molecule has 1 aliphatic heterocycles. The van der Waals surface area contributed by atoms with Gasteiger partial charge in [0.2, 0.25) is 0 Å². The Labute approximate surface area is 167 Å². The van der Waals surface area contributed by atoms with Gasteiger partial charge in [-0.1, -0.05) is 48.9 Å². The van der Waals surface area contributed by atoms with Crippen molar-refractivity contribution in [2.75, 3.05) is 26.7 Å². The molecular formula is C22H29ClN2O2. The highest BCUT2D eigenvalue weighted by Gasteiger charge is 2.22. The van der Waals surface area contributed by atoms with E-state index in [0.29, 0.717) is 30.0 Å². The zero-order chi connectivity index (χ0) is 19.1. The van der Waals surface area contributed by atoms with Crippen LogP contribution in [0.5, 0.6) is 11.5 Å². The van der Waals surface area contributed by atoms with E-state index in [0.717, 1.165) is 30.0 Å². The number of rotatable bonds is 9. The lowest BCUT2D eigenvalue weighted by atomic mass is 10.1. The van der Waals surface area contributed by atoms with Gasteiger partial charge in [0.1, 0.15) is 6.61 Å². The molecule has 4 nitrogen and oxygen atoms in total. The maximum Gasteiger partial charge on any atom is 0.166 e. The lowest BCUT2D eigenvalue weighted by Gasteiger charge is -2.23. The highest BCUT2D eigenvalue weighted by molar-refractivity contribution is 6.30. The van der Waals surface area contributed by atoms with Crippen LogP contribution in [0.15, 0.2) is 42.5 Å². The minimum atomic E-state index is 0.498. The summed E-state index contributed by atoms with van der Waals surface area (Å²) >= 11 is 6.30. The van der Waals surface area contributed by atoms with Gasteiger partial charge in [0.05, 0.1) is 7.11 Å². The number of likely N-dealkylation sites (N-methyl/N-ethyl adjacent to an activating group) is 1. The summed E-state index contributed by atoms with van der Waals surface area (Å²) in [4.78, 5) is 2.54. The van der Waals surface area contributed by atoms with Gasteiger partial charge >= 0.3 is 0 Å². The van der Waals surface area contributed by atoms with E-state index in [2.05, 4.69) is 29.3 Å². The highest BCUT2D eigenvalue weighted by Crippen LogP contribution is 2.35. The normalized spacial score (nSPS) is 17.2. The van der Waals surface area contributed by atoms with E-state index < -0.39 is 0 Å². The summed E-state index contributed by atoms with van der Waals surface area (Å²) in [6.45, 7) is 6.73. The molecule has 1 fully saturated rings. The van der Waals surface area contributed by atoms with Gasteiger partial charge in [-0.2, -0.15) is 0 Å². The van der Waals surface area contributed by atoms with Gasteiger partial charge in [0.15, 0.2) is 11.5 Å². The fourth-order valence-electron chi connectivity index (χ4n) is 3.72. The molecule has 0 aromatic heterocycles. The van der Waals surface area contributed by atoms with E-state index in [4.69, 9.17) is 21.1 Å². The third kappa shape index (κ3) is 5.38. The van der Waals surface area contributed by atoms with Crippen LogP contribution >= 0.6 is 11.6 Å². The van der Waals surface area contributed by atoms with Crippen LogP contribution in [0.1, 0.15) is 30.9 Å². The third-order valence-electron chi connectivity index (χ3n) is 5.14. The van der Waals surface area contributed by atoms with Crippen LogP contribution in [0.4, 0.5) is 0 Å². The van der Waals surface area contributed by atoms with Crippen molar-refractivity contribution >= 4 is 11.6 Å². The van der Waals surface area contributed by atoms with Crippen LogP contribution < -0.4 is 14.8 Å². The van der Waals surface area contributed by atoms with Crippen molar-refractivity contribution in [3.8, 4) is 11.5 Å². The van der Waals surface area contributed by atoms with Gasteiger partial charge in [-0.05, 0) is 37.6 Å². The maximum atomic E-state index is 6.30. The molecule has 0 saturated carbocycles. The van der Waals surface area contributed by atoms with Crippen LogP contribution in [-0.4, -0.2) is 37.7 Å². The molecule has 0 radical (unpaired) electrons. The van der Waals surface area contributed by atoms with Gasteiger partial charge < -0.3 is 14.8 Å². The summed E-state index contributed by atoms with van der Waals surface area (Å²) in [5, 5.41) is 4.25. The van der Waals surface area contributed by atoms with Gasteiger partial charge in [-0.15, -0.1) is 0 Å². The van der Waals surface area contributed by atoms with E-state index in [1.165, 1.54) is 19.4 Å². The second-order valence-electron chi connectivity index (χ2n) is 6.93.